The Morgan fingerprint density at radius 1 is 1.05 bits per heavy atom. The average molecular weight is 270 g/mol. The minimum absolute atomic E-state index is 0.299. The first kappa shape index (κ1) is 15.2. The highest BCUT2D eigenvalue weighted by Gasteiger charge is 2.37. The lowest BCUT2D eigenvalue weighted by Crippen LogP contribution is -2.34. The second-order valence-electron chi connectivity index (χ2n) is 4.30. The van der Waals surface area contributed by atoms with Crippen molar-refractivity contribution in [3.8, 4) is 0 Å². The molecule has 6 nitrogen and oxygen atoms in total. The molecule has 0 saturated heterocycles. The van der Waals surface area contributed by atoms with Gasteiger partial charge in [0.2, 0.25) is 0 Å². The number of carbonyl (C=O) groups excluding carboxylic acids is 3. The Morgan fingerprint density at radius 3 is 2.00 bits per heavy atom. The van der Waals surface area contributed by atoms with E-state index in [4.69, 9.17) is 4.74 Å². The van der Waals surface area contributed by atoms with Crippen LogP contribution in [0.4, 0.5) is 0 Å². The molecule has 0 N–H and O–H groups in total. The monoisotopic (exact) mass is 270 g/mol. The van der Waals surface area contributed by atoms with Crippen LogP contribution in [0.1, 0.15) is 19.8 Å². The molecule has 0 spiro atoms. The van der Waals surface area contributed by atoms with Crippen LogP contribution in [-0.2, 0) is 28.6 Å². The standard InChI is InChI=1S/C13H18O6/c1-8(14)19-10-6-4-9(5-7-10)11(12(15)17-2)13(16)18-3/h4,6,9-11H,5,7H2,1-3H3/t9?,10-/m1/s1. The van der Waals surface area contributed by atoms with Crippen LogP contribution in [0.2, 0.25) is 0 Å². The van der Waals surface area contributed by atoms with Crippen LogP contribution in [0.3, 0.4) is 0 Å². The van der Waals surface area contributed by atoms with Gasteiger partial charge in [0.15, 0.2) is 5.92 Å². The number of methoxy groups -OCH3 is 2. The predicted octanol–water partition coefficient (Wildman–Crippen LogP) is 0.846. The summed E-state index contributed by atoms with van der Waals surface area (Å²) >= 11 is 0. The Balaban J connectivity index is 2.75. The molecule has 0 amide bonds. The molecule has 0 fully saturated rings. The summed E-state index contributed by atoms with van der Waals surface area (Å²) in [6.07, 6.45) is 4.20. The molecule has 106 valence electrons. The van der Waals surface area contributed by atoms with Crippen LogP contribution in [0.15, 0.2) is 12.2 Å². The molecule has 0 aliphatic heterocycles. The fourth-order valence-electron chi connectivity index (χ4n) is 2.10. The highest BCUT2D eigenvalue weighted by Crippen LogP contribution is 2.28. The van der Waals surface area contributed by atoms with Gasteiger partial charge in [0.25, 0.3) is 0 Å². The molecule has 0 heterocycles. The van der Waals surface area contributed by atoms with Crippen molar-refractivity contribution < 1.29 is 28.6 Å². The minimum Gasteiger partial charge on any atom is -0.468 e. The van der Waals surface area contributed by atoms with Crippen LogP contribution in [0, 0.1) is 11.8 Å². The molecule has 1 aliphatic carbocycles. The molecule has 0 radical (unpaired) electrons. The fourth-order valence-corrected chi connectivity index (χ4v) is 2.10. The SMILES string of the molecule is COC(=O)C(C(=O)OC)C1C=C[C@@H](OC(C)=O)CC1. The quantitative estimate of drug-likeness (QED) is 0.326. The number of hydrogen-bond acceptors (Lipinski definition) is 6. The molecule has 0 aromatic carbocycles. The van der Waals surface area contributed by atoms with E-state index in [-0.39, 0.29) is 18.0 Å². The van der Waals surface area contributed by atoms with Crippen molar-refractivity contribution in [3.63, 3.8) is 0 Å². The van der Waals surface area contributed by atoms with E-state index >= 15 is 0 Å². The third-order valence-corrected chi connectivity index (χ3v) is 3.01. The summed E-state index contributed by atoms with van der Waals surface area (Å²) in [5.41, 5.74) is 0. The maximum absolute atomic E-state index is 11.6. The van der Waals surface area contributed by atoms with Crippen molar-refractivity contribution >= 4 is 17.9 Å². The Morgan fingerprint density at radius 2 is 1.63 bits per heavy atom. The molecule has 0 aromatic rings. The van der Waals surface area contributed by atoms with Gasteiger partial charge in [-0.05, 0) is 18.9 Å². The van der Waals surface area contributed by atoms with Gasteiger partial charge in [0.1, 0.15) is 6.10 Å². The predicted molar refractivity (Wildman–Crippen MR) is 64.9 cm³/mol. The third-order valence-electron chi connectivity index (χ3n) is 3.01. The first-order chi connectivity index (χ1) is 8.99. The van der Waals surface area contributed by atoms with Crippen molar-refractivity contribution in [2.45, 2.75) is 25.9 Å². The van der Waals surface area contributed by atoms with E-state index < -0.39 is 17.9 Å². The zero-order chi connectivity index (χ0) is 14.4. The molecule has 0 bridgehead atoms. The molecule has 1 rings (SSSR count). The summed E-state index contributed by atoms with van der Waals surface area (Å²) in [4.78, 5) is 34.1. The van der Waals surface area contributed by atoms with Crippen LogP contribution in [-0.4, -0.2) is 38.2 Å². The Bertz CT molecular complexity index is 371. The zero-order valence-corrected chi connectivity index (χ0v) is 11.3. The van der Waals surface area contributed by atoms with E-state index in [0.29, 0.717) is 12.8 Å². The Hall–Kier alpha value is -1.85. The minimum atomic E-state index is -0.968. The number of hydrogen-bond donors (Lipinski definition) is 0. The van der Waals surface area contributed by atoms with Gasteiger partial charge in [-0.3, -0.25) is 14.4 Å². The summed E-state index contributed by atoms with van der Waals surface area (Å²) in [5, 5.41) is 0. The van der Waals surface area contributed by atoms with Gasteiger partial charge in [-0.1, -0.05) is 6.08 Å². The maximum Gasteiger partial charge on any atom is 0.320 e. The van der Waals surface area contributed by atoms with Gasteiger partial charge in [0.05, 0.1) is 14.2 Å². The number of allylic oxidation sites excluding steroid dienone is 1. The van der Waals surface area contributed by atoms with Crippen LogP contribution >= 0.6 is 0 Å². The second-order valence-corrected chi connectivity index (χ2v) is 4.30. The largest absolute Gasteiger partial charge is 0.468 e. The van der Waals surface area contributed by atoms with E-state index in [2.05, 4.69) is 9.47 Å². The van der Waals surface area contributed by atoms with E-state index in [0.717, 1.165) is 0 Å². The molecular formula is C13H18O6. The number of esters is 3. The molecular weight excluding hydrogens is 252 g/mol. The van der Waals surface area contributed by atoms with E-state index in [1.165, 1.54) is 21.1 Å². The lowest BCUT2D eigenvalue weighted by molar-refractivity contribution is -0.161. The van der Waals surface area contributed by atoms with Crippen molar-refractivity contribution in [2.75, 3.05) is 14.2 Å². The smallest absolute Gasteiger partial charge is 0.320 e. The Labute approximate surface area is 111 Å². The van der Waals surface area contributed by atoms with E-state index in [9.17, 15) is 14.4 Å². The van der Waals surface area contributed by atoms with Crippen molar-refractivity contribution in [3.05, 3.63) is 12.2 Å². The molecule has 2 atom stereocenters. The summed E-state index contributed by atoms with van der Waals surface area (Å²) in [6, 6.07) is 0. The third kappa shape index (κ3) is 4.08. The summed E-state index contributed by atoms with van der Waals surface area (Å²) < 4.78 is 14.3. The van der Waals surface area contributed by atoms with Crippen LogP contribution < -0.4 is 0 Å². The number of ether oxygens (including phenoxy) is 3. The van der Waals surface area contributed by atoms with E-state index in [1.54, 1.807) is 12.2 Å². The summed E-state index contributed by atoms with van der Waals surface area (Å²) in [5.74, 6) is -2.86. The summed E-state index contributed by atoms with van der Waals surface area (Å²) in [7, 11) is 2.46. The van der Waals surface area contributed by atoms with Crippen molar-refractivity contribution in [2.24, 2.45) is 11.8 Å². The lowest BCUT2D eigenvalue weighted by atomic mass is 9.83. The highest BCUT2D eigenvalue weighted by atomic mass is 16.5. The molecule has 19 heavy (non-hydrogen) atoms. The van der Waals surface area contributed by atoms with Crippen molar-refractivity contribution in [1.82, 2.24) is 0 Å². The fraction of sp³-hybridized carbons (Fsp3) is 0.615. The highest BCUT2D eigenvalue weighted by molar-refractivity contribution is 5.95. The second kappa shape index (κ2) is 6.92. The van der Waals surface area contributed by atoms with Gasteiger partial charge in [-0.15, -0.1) is 0 Å². The van der Waals surface area contributed by atoms with Gasteiger partial charge >= 0.3 is 17.9 Å². The maximum atomic E-state index is 11.6. The summed E-state index contributed by atoms with van der Waals surface area (Å²) in [6.45, 7) is 1.34. The topological polar surface area (TPSA) is 78.9 Å². The molecule has 1 unspecified atom stereocenters. The van der Waals surface area contributed by atoms with Crippen LogP contribution in [0.25, 0.3) is 0 Å². The number of rotatable bonds is 4. The first-order valence-electron chi connectivity index (χ1n) is 6.00. The molecule has 6 heteroatoms. The normalized spacial score (nSPS) is 21.9. The Kier molecular flexibility index (Phi) is 5.54. The van der Waals surface area contributed by atoms with Gasteiger partial charge in [-0.25, -0.2) is 0 Å². The van der Waals surface area contributed by atoms with Gasteiger partial charge in [0, 0.05) is 12.8 Å². The van der Waals surface area contributed by atoms with E-state index in [1.807, 2.05) is 0 Å². The lowest BCUT2D eigenvalue weighted by Gasteiger charge is -2.26. The first-order valence-corrected chi connectivity index (χ1v) is 6.00. The number of carbonyl (C=O) groups is 3. The molecule has 1 aliphatic rings. The molecule has 0 aromatic heterocycles. The van der Waals surface area contributed by atoms with Crippen LogP contribution in [0.5, 0.6) is 0 Å². The van der Waals surface area contributed by atoms with Gasteiger partial charge < -0.3 is 14.2 Å². The molecule has 0 saturated carbocycles. The van der Waals surface area contributed by atoms with Crippen molar-refractivity contribution in [1.29, 1.82) is 0 Å². The zero-order valence-electron chi connectivity index (χ0n) is 11.3. The average Bonchev–Trinajstić information content (AvgIpc) is 2.39. The van der Waals surface area contributed by atoms with Gasteiger partial charge in [-0.2, -0.15) is 0 Å².